The molecule has 1 atom stereocenters. The summed E-state index contributed by atoms with van der Waals surface area (Å²) in [4.78, 5) is 13.3. The van der Waals surface area contributed by atoms with Crippen LogP contribution in [0.5, 0.6) is 0 Å². The zero-order chi connectivity index (χ0) is 19.7. The average molecular weight is 390 g/mol. The van der Waals surface area contributed by atoms with E-state index in [9.17, 15) is 4.79 Å². The minimum Gasteiger partial charge on any atom is -0.518 e. The second-order valence-corrected chi connectivity index (χ2v) is 15.4. The number of carbonyl (C=O) groups is 1. The maximum atomic E-state index is 13.3. The van der Waals surface area contributed by atoms with E-state index in [-0.39, 0.29) is 11.0 Å². The lowest BCUT2D eigenvalue weighted by molar-refractivity contribution is -0.139. The van der Waals surface area contributed by atoms with Crippen LogP contribution in [0.15, 0.2) is 0 Å². The molecule has 1 unspecified atom stereocenters. The predicted molar refractivity (Wildman–Crippen MR) is 109 cm³/mol. The molecule has 0 fully saturated rings. The first-order valence-electron chi connectivity index (χ1n) is 9.77. The van der Waals surface area contributed by atoms with Gasteiger partial charge in [0.15, 0.2) is 0 Å². The zero-order valence-electron chi connectivity index (χ0n) is 18.1. The van der Waals surface area contributed by atoms with E-state index in [1.54, 1.807) is 14.2 Å². The van der Waals surface area contributed by atoms with E-state index in [0.717, 1.165) is 37.8 Å². The molecule has 0 heterocycles. The molecule has 6 heteroatoms. The standard InChI is InChI=1S/C19H41O4Si2/c1-10-13-15-25(16-14-11-2,18(4,5)6)23-17(20)19(7,12-3)24(21-8)22-9/h10-16H2,1-9H3. The summed E-state index contributed by atoms with van der Waals surface area (Å²) in [5.74, 6) is -0.110. The maximum Gasteiger partial charge on any atom is 0.402 e. The Kier molecular flexibility index (Phi) is 10.8. The Morgan fingerprint density at radius 2 is 1.36 bits per heavy atom. The molecule has 1 radical (unpaired) electrons. The van der Waals surface area contributed by atoms with Gasteiger partial charge in [-0.1, -0.05) is 67.2 Å². The van der Waals surface area contributed by atoms with Gasteiger partial charge in [-0.25, -0.2) is 0 Å². The Morgan fingerprint density at radius 3 is 1.64 bits per heavy atom. The molecule has 149 valence electrons. The molecule has 0 N–H and O–H groups in total. The third-order valence-corrected chi connectivity index (χ3v) is 13.3. The predicted octanol–water partition coefficient (Wildman–Crippen LogP) is 5.83. The molecule has 4 nitrogen and oxygen atoms in total. The van der Waals surface area contributed by atoms with Crippen molar-refractivity contribution in [3.05, 3.63) is 0 Å². The SMILES string of the molecule is CCCC[Si](CCCC)(OC(=O)C(C)(CC)[Si](OC)OC)C(C)(C)C. The van der Waals surface area contributed by atoms with Gasteiger partial charge < -0.3 is 13.3 Å². The Balaban J connectivity index is 5.76. The van der Waals surface area contributed by atoms with Crippen LogP contribution in [-0.2, 0) is 18.1 Å². The van der Waals surface area contributed by atoms with Crippen molar-refractivity contribution in [3.8, 4) is 0 Å². The van der Waals surface area contributed by atoms with Crippen molar-refractivity contribution in [1.82, 2.24) is 0 Å². The summed E-state index contributed by atoms with van der Waals surface area (Å²) in [6, 6.07) is 2.08. The van der Waals surface area contributed by atoms with Gasteiger partial charge in [0, 0.05) is 14.2 Å². The lowest BCUT2D eigenvalue weighted by Gasteiger charge is -2.44. The van der Waals surface area contributed by atoms with Gasteiger partial charge in [0.05, 0.1) is 0 Å². The van der Waals surface area contributed by atoms with Gasteiger partial charge in [0.1, 0.15) is 5.04 Å². The quantitative estimate of drug-likeness (QED) is 0.394. The van der Waals surface area contributed by atoms with Crippen molar-refractivity contribution in [2.45, 2.75) is 103 Å². The first-order chi connectivity index (χ1) is 11.6. The Hall–Kier alpha value is -0.176. The highest BCUT2D eigenvalue weighted by molar-refractivity contribution is 6.78. The number of unbranched alkanes of at least 4 members (excludes halogenated alkanes) is 2. The van der Waals surface area contributed by atoms with Crippen molar-refractivity contribution < 1.29 is 18.1 Å². The third-order valence-electron chi connectivity index (χ3n) is 5.50. The van der Waals surface area contributed by atoms with Crippen LogP contribution in [-0.4, -0.2) is 37.8 Å². The molecule has 0 aromatic rings. The topological polar surface area (TPSA) is 44.8 Å². The van der Waals surface area contributed by atoms with Crippen molar-refractivity contribution >= 4 is 23.6 Å². The molecule has 0 rings (SSSR count). The Bertz CT molecular complexity index is 383. The molecule has 0 aliphatic heterocycles. The molecule has 0 aliphatic rings. The molecule has 0 bridgehead atoms. The van der Waals surface area contributed by atoms with E-state index >= 15 is 0 Å². The summed E-state index contributed by atoms with van der Waals surface area (Å²) in [5, 5.41) is -0.662. The lowest BCUT2D eigenvalue weighted by Crippen LogP contribution is -2.52. The Labute approximate surface area is 159 Å². The van der Waals surface area contributed by atoms with Crippen molar-refractivity contribution in [2.75, 3.05) is 14.2 Å². The van der Waals surface area contributed by atoms with Gasteiger partial charge in [-0.3, -0.25) is 4.79 Å². The fraction of sp³-hybridized carbons (Fsp3) is 0.947. The summed E-state index contributed by atoms with van der Waals surface area (Å²) >= 11 is 0. The highest BCUT2D eigenvalue weighted by Crippen LogP contribution is 2.47. The first kappa shape index (κ1) is 24.8. The first-order valence-corrected chi connectivity index (χ1v) is 13.4. The van der Waals surface area contributed by atoms with Gasteiger partial charge >= 0.3 is 9.28 Å². The highest BCUT2D eigenvalue weighted by atomic mass is 28.4. The molecule has 0 saturated heterocycles. The zero-order valence-corrected chi connectivity index (χ0v) is 20.1. The number of hydrogen-bond acceptors (Lipinski definition) is 4. The molecule has 0 spiro atoms. The fourth-order valence-corrected chi connectivity index (χ4v) is 9.62. The van der Waals surface area contributed by atoms with Crippen molar-refractivity contribution in [1.29, 1.82) is 0 Å². The molecule has 0 aliphatic carbocycles. The number of rotatable bonds is 12. The highest BCUT2D eigenvalue weighted by Gasteiger charge is 2.53. The Morgan fingerprint density at radius 1 is 0.920 bits per heavy atom. The van der Waals surface area contributed by atoms with Crippen LogP contribution in [0.25, 0.3) is 0 Å². The summed E-state index contributed by atoms with van der Waals surface area (Å²) in [6.45, 7) is 15.1. The van der Waals surface area contributed by atoms with Crippen LogP contribution < -0.4 is 0 Å². The van der Waals surface area contributed by atoms with Crippen LogP contribution in [0, 0.1) is 0 Å². The summed E-state index contributed by atoms with van der Waals surface area (Å²) in [5.41, 5.74) is 0. The minimum atomic E-state index is -2.24. The lowest BCUT2D eigenvalue weighted by atomic mass is 10.1. The van der Waals surface area contributed by atoms with Crippen LogP contribution in [0.1, 0.15) is 80.6 Å². The van der Waals surface area contributed by atoms with Gasteiger partial charge in [0.2, 0.25) is 0 Å². The summed E-state index contributed by atoms with van der Waals surface area (Å²) in [7, 11) is -0.710. The third kappa shape index (κ3) is 6.19. The molecular weight excluding hydrogens is 348 g/mol. The van der Waals surface area contributed by atoms with Crippen LogP contribution in [0.4, 0.5) is 0 Å². The molecular formula is C19H41O4Si2. The van der Waals surface area contributed by atoms with Crippen LogP contribution >= 0.6 is 0 Å². The van der Waals surface area contributed by atoms with Crippen molar-refractivity contribution in [2.24, 2.45) is 0 Å². The van der Waals surface area contributed by atoms with Crippen LogP contribution in [0.2, 0.25) is 22.2 Å². The molecule has 25 heavy (non-hydrogen) atoms. The monoisotopic (exact) mass is 389 g/mol. The van der Waals surface area contributed by atoms with Gasteiger partial charge in [-0.15, -0.1) is 0 Å². The minimum absolute atomic E-state index is 0.0225. The summed E-state index contributed by atoms with van der Waals surface area (Å²) < 4.78 is 17.6. The van der Waals surface area contributed by atoms with E-state index in [0.29, 0.717) is 6.42 Å². The van der Waals surface area contributed by atoms with Crippen molar-refractivity contribution in [3.63, 3.8) is 0 Å². The smallest absolute Gasteiger partial charge is 0.402 e. The fourth-order valence-electron chi connectivity index (χ4n) is 3.25. The van der Waals surface area contributed by atoms with Gasteiger partial charge in [-0.2, -0.15) is 0 Å². The molecule has 0 aromatic carbocycles. The molecule has 0 amide bonds. The number of hydrogen-bond donors (Lipinski definition) is 0. The maximum absolute atomic E-state index is 13.3. The van der Waals surface area contributed by atoms with Gasteiger partial charge in [0.25, 0.3) is 14.3 Å². The van der Waals surface area contributed by atoms with E-state index < -0.39 is 22.6 Å². The molecule has 0 aromatic heterocycles. The van der Waals surface area contributed by atoms with E-state index in [2.05, 4.69) is 34.6 Å². The normalized spacial score (nSPS) is 15.3. The van der Waals surface area contributed by atoms with Gasteiger partial charge in [-0.05, 0) is 30.5 Å². The van der Waals surface area contributed by atoms with E-state index in [4.69, 9.17) is 13.3 Å². The summed E-state index contributed by atoms with van der Waals surface area (Å²) in [6.07, 6.45) is 5.17. The second kappa shape index (κ2) is 10.8. The van der Waals surface area contributed by atoms with Crippen LogP contribution in [0.3, 0.4) is 0 Å². The second-order valence-electron chi connectivity index (χ2n) is 8.22. The molecule has 0 saturated carbocycles. The van der Waals surface area contributed by atoms with E-state index in [1.165, 1.54) is 0 Å². The number of carbonyl (C=O) groups excluding carboxylic acids is 1. The largest absolute Gasteiger partial charge is 0.518 e. The van der Waals surface area contributed by atoms with E-state index in [1.807, 2.05) is 13.8 Å². The average Bonchev–Trinajstić information content (AvgIpc) is 2.56.